The highest BCUT2D eigenvalue weighted by Crippen LogP contribution is 2.64. The molecule has 4 aliphatic rings. The second-order valence-electron chi connectivity index (χ2n) is 8.94. The van der Waals surface area contributed by atoms with Crippen LogP contribution < -0.4 is 0 Å². The van der Waals surface area contributed by atoms with Crippen LogP contribution in [0.2, 0.25) is 0 Å². The Morgan fingerprint density at radius 3 is 2.67 bits per heavy atom. The van der Waals surface area contributed by atoms with Crippen molar-refractivity contribution in [3.63, 3.8) is 0 Å². The Bertz CT molecular complexity index is 428. The summed E-state index contributed by atoms with van der Waals surface area (Å²) in [6.07, 6.45) is 13.2. The van der Waals surface area contributed by atoms with Crippen LogP contribution in [0.25, 0.3) is 0 Å². The van der Waals surface area contributed by atoms with E-state index in [1.54, 1.807) is 0 Å². The molecule has 0 N–H and O–H groups in total. The lowest BCUT2D eigenvalue weighted by Crippen LogP contribution is -2.48. The van der Waals surface area contributed by atoms with Gasteiger partial charge in [-0.1, -0.05) is 20.3 Å². The molecule has 0 radical (unpaired) electrons. The van der Waals surface area contributed by atoms with Crippen LogP contribution >= 0.6 is 0 Å². The summed E-state index contributed by atoms with van der Waals surface area (Å²) in [6.45, 7) is 5.04. The smallest absolute Gasteiger partial charge is 0.133 e. The van der Waals surface area contributed by atoms with E-state index in [9.17, 15) is 4.79 Å². The highest BCUT2D eigenvalue weighted by atomic mass is 16.1. The van der Waals surface area contributed by atoms with Crippen LogP contribution in [0.3, 0.4) is 0 Å². The Balaban J connectivity index is 1.56. The molecule has 21 heavy (non-hydrogen) atoms. The molecule has 0 saturated heterocycles. The van der Waals surface area contributed by atoms with Gasteiger partial charge in [-0.25, -0.2) is 0 Å². The van der Waals surface area contributed by atoms with Gasteiger partial charge in [0.2, 0.25) is 0 Å². The van der Waals surface area contributed by atoms with E-state index >= 15 is 0 Å². The molecule has 118 valence electrons. The Labute approximate surface area is 130 Å². The first-order valence-corrected chi connectivity index (χ1v) is 9.65. The molecular weight excluding hydrogens is 256 g/mol. The van der Waals surface area contributed by atoms with E-state index in [1.165, 1.54) is 51.4 Å². The van der Waals surface area contributed by atoms with Crippen molar-refractivity contribution in [3.05, 3.63) is 0 Å². The predicted octanol–water partition coefficient (Wildman–Crippen LogP) is 5.23. The van der Waals surface area contributed by atoms with Crippen molar-refractivity contribution in [1.82, 2.24) is 0 Å². The van der Waals surface area contributed by atoms with Crippen molar-refractivity contribution in [3.8, 4) is 0 Å². The molecule has 1 unspecified atom stereocenters. The predicted molar refractivity (Wildman–Crippen MR) is 85.9 cm³/mol. The first-order chi connectivity index (χ1) is 10.1. The molecule has 0 aliphatic heterocycles. The minimum atomic E-state index is 0.558. The summed E-state index contributed by atoms with van der Waals surface area (Å²) in [5.41, 5.74) is 0.660. The van der Waals surface area contributed by atoms with Crippen molar-refractivity contribution >= 4 is 5.78 Å². The summed E-state index contributed by atoms with van der Waals surface area (Å²) < 4.78 is 0. The molecule has 0 aromatic carbocycles. The van der Waals surface area contributed by atoms with Crippen molar-refractivity contribution < 1.29 is 4.79 Å². The van der Waals surface area contributed by atoms with Crippen molar-refractivity contribution in [2.24, 2.45) is 40.9 Å². The molecule has 4 fully saturated rings. The van der Waals surface area contributed by atoms with Gasteiger partial charge < -0.3 is 0 Å². The first kappa shape index (κ1) is 14.3. The molecule has 4 saturated carbocycles. The number of rotatable bonds is 1. The maximum absolute atomic E-state index is 11.8. The summed E-state index contributed by atoms with van der Waals surface area (Å²) in [7, 11) is 0. The van der Waals surface area contributed by atoms with Crippen LogP contribution in [-0.2, 0) is 4.79 Å². The monoisotopic (exact) mass is 288 g/mol. The molecule has 0 heterocycles. The third-order valence-electron chi connectivity index (χ3n) is 8.45. The number of Topliss-reactive ketones (excluding diaryl/α,β-unsaturated/α-hetero) is 1. The van der Waals surface area contributed by atoms with E-state index < -0.39 is 0 Å². The lowest BCUT2D eigenvalue weighted by atomic mass is 9.49. The van der Waals surface area contributed by atoms with Gasteiger partial charge >= 0.3 is 0 Å². The minimum absolute atomic E-state index is 0.558. The topological polar surface area (TPSA) is 17.1 Å². The van der Waals surface area contributed by atoms with E-state index in [2.05, 4.69) is 13.8 Å². The van der Waals surface area contributed by atoms with Gasteiger partial charge in [0.25, 0.3) is 0 Å². The zero-order valence-corrected chi connectivity index (χ0v) is 13.9. The number of fused-ring (bicyclic) bond motifs is 5. The summed E-state index contributed by atoms with van der Waals surface area (Å²) in [5, 5.41) is 0. The standard InChI is InChI=1S/C20H32O/c1-3-14-5-9-19-18-7-4-13-12-15(21)6-8-16(13)17(18)10-11-20(14,19)2/h13-14,16-19H,3-12H2,1-2H3/t13-,14?,16-,17+,18+,19-,20+/m0/s1. The maximum atomic E-state index is 11.8. The molecule has 1 nitrogen and oxygen atoms in total. The van der Waals surface area contributed by atoms with Gasteiger partial charge in [-0.2, -0.15) is 0 Å². The van der Waals surface area contributed by atoms with E-state index in [1.807, 2.05) is 0 Å². The van der Waals surface area contributed by atoms with Gasteiger partial charge in [-0.15, -0.1) is 0 Å². The highest BCUT2D eigenvalue weighted by Gasteiger charge is 2.56. The second-order valence-corrected chi connectivity index (χ2v) is 8.94. The summed E-state index contributed by atoms with van der Waals surface area (Å²) in [5.74, 6) is 6.23. The number of ketones is 1. The SMILES string of the molecule is CCC1CC[C@H]2[C@@H]3CC[C@H]4CC(=O)CC[C@@H]4[C@H]3CC[C@]12C. The average Bonchev–Trinajstić information content (AvgIpc) is 2.83. The van der Waals surface area contributed by atoms with Crippen LogP contribution in [0, 0.1) is 40.9 Å². The largest absolute Gasteiger partial charge is 0.300 e. The minimum Gasteiger partial charge on any atom is -0.300 e. The van der Waals surface area contributed by atoms with Gasteiger partial charge in [-0.3, -0.25) is 4.79 Å². The fourth-order valence-electron chi connectivity index (χ4n) is 7.44. The van der Waals surface area contributed by atoms with Crippen molar-refractivity contribution in [2.45, 2.75) is 78.1 Å². The number of hydrogen-bond donors (Lipinski definition) is 0. The quantitative estimate of drug-likeness (QED) is 0.645. The number of hydrogen-bond acceptors (Lipinski definition) is 1. The Kier molecular flexibility index (Phi) is 3.47. The molecule has 0 aromatic rings. The Morgan fingerprint density at radius 2 is 1.86 bits per heavy atom. The van der Waals surface area contributed by atoms with Gasteiger partial charge in [-0.05, 0) is 85.9 Å². The van der Waals surface area contributed by atoms with Crippen LogP contribution in [0.15, 0.2) is 0 Å². The summed E-state index contributed by atoms with van der Waals surface area (Å²) in [6, 6.07) is 0. The Morgan fingerprint density at radius 1 is 1.00 bits per heavy atom. The Hall–Kier alpha value is -0.330. The van der Waals surface area contributed by atoms with E-state index in [4.69, 9.17) is 0 Å². The van der Waals surface area contributed by atoms with Crippen molar-refractivity contribution in [1.29, 1.82) is 0 Å². The van der Waals surface area contributed by atoms with E-state index in [0.29, 0.717) is 11.2 Å². The zero-order valence-electron chi connectivity index (χ0n) is 13.9. The molecule has 7 atom stereocenters. The fraction of sp³-hybridized carbons (Fsp3) is 0.950. The normalized spacial score (nSPS) is 53.0. The molecule has 0 spiro atoms. The molecule has 1 heteroatoms. The maximum Gasteiger partial charge on any atom is 0.133 e. The van der Waals surface area contributed by atoms with Gasteiger partial charge in [0.05, 0.1) is 0 Å². The average molecular weight is 288 g/mol. The number of carbonyl (C=O) groups excluding carboxylic acids is 1. The fourth-order valence-corrected chi connectivity index (χ4v) is 7.44. The van der Waals surface area contributed by atoms with Crippen LogP contribution in [-0.4, -0.2) is 5.78 Å². The summed E-state index contributed by atoms with van der Waals surface area (Å²) >= 11 is 0. The van der Waals surface area contributed by atoms with Gasteiger partial charge in [0.1, 0.15) is 5.78 Å². The first-order valence-electron chi connectivity index (χ1n) is 9.65. The second kappa shape index (κ2) is 5.10. The van der Waals surface area contributed by atoms with Crippen LogP contribution in [0.5, 0.6) is 0 Å². The molecule has 0 amide bonds. The lowest BCUT2D eigenvalue weighted by molar-refractivity contribution is -0.127. The molecule has 4 rings (SSSR count). The summed E-state index contributed by atoms with van der Waals surface area (Å²) in [4.78, 5) is 11.8. The molecule has 4 aliphatic carbocycles. The van der Waals surface area contributed by atoms with Crippen LogP contribution in [0.4, 0.5) is 0 Å². The van der Waals surface area contributed by atoms with Crippen LogP contribution in [0.1, 0.15) is 78.1 Å². The molecule has 0 bridgehead atoms. The van der Waals surface area contributed by atoms with Gasteiger partial charge in [0.15, 0.2) is 0 Å². The highest BCUT2D eigenvalue weighted by molar-refractivity contribution is 5.79. The van der Waals surface area contributed by atoms with Gasteiger partial charge in [0, 0.05) is 12.8 Å². The zero-order chi connectivity index (χ0) is 14.6. The third kappa shape index (κ3) is 2.05. The number of carbonyl (C=O) groups is 1. The lowest BCUT2D eigenvalue weighted by Gasteiger charge is -2.55. The third-order valence-corrected chi connectivity index (χ3v) is 8.45. The van der Waals surface area contributed by atoms with Crippen molar-refractivity contribution in [2.75, 3.05) is 0 Å². The molecule has 0 aromatic heterocycles. The molecular formula is C20H32O. The van der Waals surface area contributed by atoms with E-state index in [-0.39, 0.29) is 0 Å². The van der Waals surface area contributed by atoms with E-state index in [0.717, 1.165) is 48.3 Å².